The maximum atomic E-state index is 10.3. The zero-order valence-electron chi connectivity index (χ0n) is 5.09. The van der Waals surface area contributed by atoms with Crippen molar-refractivity contribution in [3.05, 3.63) is 21.2 Å². The third-order valence-electron chi connectivity index (χ3n) is 1.39. The van der Waals surface area contributed by atoms with Crippen LogP contribution in [0.15, 0.2) is 21.2 Å². The second kappa shape index (κ2) is 2.62. The summed E-state index contributed by atoms with van der Waals surface area (Å²) in [5.74, 6) is 0. The Labute approximate surface area is 65.7 Å². The molecule has 0 aromatic carbocycles. The third kappa shape index (κ3) is 1.21. The van der Waals surface area contributed by atoms with Gasteiger partial charge in [-0.2, -0.15) is 0 Å². The van der Waals surface area contributed by atoms with E-state index in [-0.39, 0.29) is 0 Å². The van der Waals surface area contributed by atoms with Gasteiger partial charge in [0.1, 0.15) is 0 Å². The van der Waals surface area contributed by atoms with Gasteiger partial charge in [-0.1, -0.05) is 0 Å². The quantitative estimate of drug-likeness (QED) is 0.668. The third-order valence-corrected chi connectivity index (χ3v) is 2.47. The van der Waals surface area contributed by atoms with E-state index in [0.29, 0.717) is 0 Å². The van der Waals surface area contributed by atoms with Crippen LogP contribution in [0.5, 0.6) is 0 Å². The summed E-state index contributed by atoms with van der Waals surface area (Å²) in [7, 11) is 0. The number of carbonyl (C=O) groups is 1. The zero-order chi connectivity index (χ0) is 6.85. The molecule has 0 heterocycles. The SMILES string of the molecule is CC1=CC[C]([Pt])=C1C=O. The minimum absolute atomic E-state index is 0.886. The Morgan fingerprint density at radius 2 is 2.44 bits per heavy atom. The number of carbonyl (C=O) groups excluding carboxylic acids is 1. The summed E-state index contributed by atoms with van der Waals surface area (Å²) in [6.07, 6.45) is 3.95. The molecule has 0 aliphatic heterocycles. The molecular weight excluding hydrogens is 295 g/mol. The first-order chi connectivity index (χ1) is 4.25. The van der Waals surface area contributed by atoms with Crippen molar-refractivity contribution < 1.29 is 24.6 Å². The minimum atomic E-state index is 0.886. The Morgan fingerprint density at radius 1 is 1.78 bits per heavy atom. The van der Waals surface area contributed by atoms with E-state index in [2.05, 4.69) is 25.9 Å². The molecule has 0 aromatic heterocycles. The molecule has 0 fully saturated rings. The summed E-state index contributed by atoms with van der Waals surface area (Å²) in [6, 6.07) is 0. The van der Waals surface area contributed by atoms with E-state index in [1.165, 1.54) is 3.96 Å². The number of hydrogen-bond acceptors (Lipinski definition) is 1. The van der Waals surface area contributed by atoms with Crippen LogP contribution in [0.2, 0.25) is 0 Å². The number of hydrogen-bond donors (Lipinski definition) is 0. The summed E-state index contributed by atoms with van der Waals surface area (Å²) in [5.41, 5.74) is 2.01. The molecule has 0 N–H and O–H groups in total. The van der Waals surface area contributed by atoms with Crippen LogP contribution >= 0.6 is 0 Å². The Hall–Kier alpha value is -0.162. The van der Waals surface area contributed by atoms with E-state index < -0.39 is 0 Å². The molecule has 1 nitrogen and oxygen atoms in total. The average Bonchev–Trinajstić information content (AvgIpc) is 2.12. The molecule has 51 valence electrons. The van der Waals surface area contributed by atoms with Gasteiger partial charge in [-0.05, 0) is 0 Å². The van der Waals surface area contributed by atoms with Gasteiger partial charge in [0, 0.05) is 0 Å². The standard InChI is InChI=1S/C7H7O.Pt/c1-6-3-2-4-7(6)5-8;/h3,5H,2H2,1H3;. The van der Waals surface area contributed by atoms with Crippen LogP contribution in [0.3, 0.4) is 0 Å². The normalized spacial score (nSPS) is 18.3. The second-order valence-corrected chi connectivity index (χ2v) is 3.36. The molecule has 0 saturated carbocycles. The van der Waals surface area contributed by atoms with Gasteiger partial charge in [0.25, 0.3) is 0 Å². The van der Waals surface area contributed by atoms with Crippen molar-refractivity contribution in [1.29, 1.82) is 0 Å². The molecule has 0 spiro atoms. The van der Waals surface area contributed by atoms with E-state index in [9.17, 15) is 4.79 Å². The van der Waals surface area contributed by atoms with E-state index in [1.807, 2.05) is 6.92 Å². The van der Waals surface area contributed by atoms with Gasteiger partial charge in [-0.3, -0.25) is 0 Å². The molecule has 0 unspecified atom stereocenters. The van der Waals surface area contributed by atoms with Crippen molar-refractivity contribution in [1.82, 2.24) is 0 Å². The monoisotopic (exact) mass is 302 g/mol. The van der Waals surface area contributed by atoms with Crippen molar-refractivity contribution in [2.45, 2.75) is 13.3 Å². The van der Waals surface area contributed by atoms with Crippen molar-refractivity contribution in [3.63, 3.8) is 0 Å². The molecule has 2 heteroatoms. The Morgan fingerprint density at radius 3 is 2.67 bits per heavy atom. The van der Waals surface area contributed by atoms with E-state index >= 15 is 0 Å². The first kappa shape index (κ1) is 6.95. The molecule has 0 atom stereocenters. The topological polar surface area (TPSA) is 17.1 Å². The van der Waals surface area contributed by atoms with Gasteiger partial charge >= 0.3 is 65.4 Å². The Kier molecular flexibility index (Phi) is 2.02. The molecule has 9 heavy (non-hydrogen) atoms. The molecule has 0 radical (unpaired) electrons. The van der Waals surface area contributed by atoms with Crippen LogP contribution in [-0.4, -0.2) is 6.29 Å². The summed E-state index contributed by atoms with van der Waals surface area (Å²) < 4.78 is 1.17. The first-order valence-electron chi connectivity index (χ1n) is 2.73. The fourth-order valence-corrected chi connectivity index (χ4v) is 1.63. The van der Waals surface area contributed by atoms with Crippen LogP contribution in [0.4, 0.5) is 0 Å². The molecule has 1 aliphatic carbocycles. The molecule has 1 aliphatic rings. The van der Waals surface area contributed by atoms with Crippen LogP contribution in [-0.2, 0) is 24.6 Å². The Bertz CT molecular complexity index is 201. The molecule has 1 rings (SSSR count). The van der Waals surface area contributed by atoms with Gasteiger partial charge in [-0.25, -0.2) is 0 Å². The average molecular weight is 302 g/mol. The van der Waals surface area contributed by atoms with Crippen molar-refractivity contribution in [3.8, 4) is 0 Å². The maximum absolute atomic E-state index is 10.3. The fraction of sp³-hybridized carbons (Fsp3) is 0.286. The molecular formula is C7H7OPt. The van der Waals surface area contributed by atoms with Crippen molar-refractivity contribution >= 4 is 6.29 Å². The Balaban J connectivity index is 2.96. The summed E-state index contributed by atoms with van der Waals surface area (Å²) >= 11 is 2.19. The van der Waals surface area contributed by atoms with Gasteiger partial charge in [0.2, 0.25) is 0 Å². The van der Waals surface area contributed by atoms with Gasteiger partial charge < -0.3 is 0 Å². The van der Waals surface area contributed by atoms with Gasteiger partial charge in [0.15, 0.2) is 0 Å². The summed E-state index contributed by atoms with van der Waals surface area (Å²) in [4.78, 5) is 10.3. The van der Waals surface area contributed by atoms with Crippen LogP contribution in [0.25, 0.3) is 0 Å². The van der Waals surface area contributed by atoms with E-state index in [1.54, 1.807) is 0 Å². The predicted molar refractivity (Wildman–Crippen MR) is 31.5 cm³/mol. The van der Waals surface area contributed by atoms with Crippen molar-refractivity contribution in [2.24, 2.45) is 0 Å². The number of aldehydes is 1. The van der Waals surface area contributed by atoms with Gasteiger partial charge in [-0.15, -0.1) is 0 Å². The molecule has 0 bridgehead atoms. The van der Waals surface area contributed by atoms with Gasteiger partial charge in [0.05, 0.1) is 0 Å². The van der Waals surface area contributed by atoms with Crippen LogP contribution < -0.4 is 0 Å². The fourth-order valence-electron chi connectivity index (χ4n) is 0.811. The zero-order valence-corrected chi connectivity index (χ0v) is 7.36. The summed E-state index contributed by atoms with van der Waals surface area (Å²) in [5, 5.41) is 0. The van der Waals surface area contributed by atoms with Crippen LogP contribution in [0.1, 0.15) is 13.3 Å². The molecule has 0 amide bonds. The van der Waals surface area contributed by atoms with E-state index in [4.69, 9.17) is 0 Å². The van der Waals surface area contributed by atoms with Crippen LogP contribution in [0, 0.1) is 0 Å². The predicted octanol–water partition coefficient (Wildman–Crippen LogP) is 1.34. The van der Waals surface area contributed by atoms with Crippen molar-refractivity contribution in [2.75, 3.05) is 0 Å². The molecule has 0 saturated heterocycles. The number of rotatable bonds is 1. The second-order valence-electron chi connectivity index (χ2n) is 1.99. The first-order valence-corrected chi connectivity index (χ1v) is 3.87. The number of allylic oxidation sites excluding steroid dienone is 4. The van der Waals surface area contributed by atoms with E-state index in [0.717, 1.165) is 23.9 Å². The summed E-state index contributed by atoms with van der Waals surface area (Å²) in [6.45, 7) is 1.97. The molecule has 0 aromatic rings.